The maximum absolute atomic E-state index is 12.2. The van der Waals surface area contributed by atoms with Crippen molar-refractivity contribution in [1.82, 2.24) is 4.90 Å². The third-order valence-electron chi connectivity index (χ3n) is 4.10. The third kappa shape index (κ3) is 3.39. The van der Waals surface area contributed by atoms with Crippen molar-refractivity contribution in [2.75, 3.05) is 6.54 Å². The van der Waals surface area contributed by atoms with Crippen LogP contribution in [0.1, 0.15) is 48.3 Å². The third-order valence-corrected chi connectivity index (χ3v) is 5.04. The van der Waals surface area contributed by atoms with E-state index in [1.807, 2.05) is 11.0 Å². The molecule has 2 rings (SSSR count). The second-order valence-electron chi connectivity index (χ2n) is 5.73. The fourth-order valence-corrected chi connectivity index (χ4v) is 3.50. The lowest BCUT2D eigenvalue weighted by Crippen LogP contribution is -2.30. The van der Waals surface area contributed by atoms with Crippen molar-refractivity contribution in [3.63, 3.8) is 0 Å². The lowest BCUT2D eigenvalue weighted by molar-refractivity contribution is -0.131. The number of rotatable bonds is 4. The van der Waals surface area contributed by atoms with Gasteiger partial charge in [0.2, 0.25) is 5.91 Å². The standard InChI is InChI=1S/C15H21NO3S/c1-10(2)11-3-4-13(17)16(7-5-11)9-12-6-8-20-14(12)15(18)19/h6,8,10-11H,3-5,7,9H2,1-2H3,(H,18,19). The van der Waals surface area contributed by atoms with Crippen molar-refractivity contribution in [2.45, 2.75) is 39.7 Å². The van der Waals surface area contributed by atoms with Gasteiger partial charge >= 0.3 is 5.97 Å². The van der Waals surface area contributed by atoms with Gasteiger partial charge in [-0.2, -0.15) is 0 Å². The lowest BCUT2D eigenvalue weighted by atomic mass is 9.89. The van der Waals surface area contributed by atoms with Crippen LogP contribution < -0.4 is 0 Å². The van der Waals surface area contributed by atoms with Crippen molar-refractivity contribution >= 4 is 23.2 Å². The number of thiophene rings is 1. The summed E-state index contributed by atoms with van der Waals surface area (Å²) in [4.78, 5) is 25.5. The number of hydrogen-bond acceptors (Lipinski definition) is 3. The fraction of sp³-hybridized carbons (Fsp3) is 0.600. The van der Waals surface area contributed by atoms with Gasteiger partial charge in [-0.3, -0.25) is 4.79 Å². The first-order valence-electron chi connectivity index (χ1n) is 7.06. The van der Waals surface area contributed by atoms with Crippen molar-refractivity contribution in [1.29, 1.82) is 0 Å². The Morgan fingerprint density at radius 2 is 2.25 bits per heavy atom. The molecule has 110 valence electrons. The molecular formula is C15H21NO3S. The van der Waals surface area contributed by atoms with E-state index in [0.29, 0.717) is 29.7 Å². The molecule has 20 heavy (non-hydrogen) atoms. The molecule has 5 heteroatoms. The Hall–Kier alpha value is -1.36. The van der Waals surface area contributed by atoms with Crippen LogP contribution in [0.2, 0.25) is 0 Å². The molecule has 0 aliphatic carbocycles. The van der Waals surface area contributed by atoms with Gasteiger partial charge in [0.15, 0.2) is 0 Å². The molecule has 1 aromatic heterocycles. The van der Waals surface area contributed by atoms with E-state index in [1.54, 1.807) is 5.38 Å². The Labute approximate surface area is 123 Å². The van der Waals surface area contributed by atoms with E-state index in [9.17, 15) is 9.59 Å². The molecule has 0 spiro atoms. The summed E-state index contributed by atoms with van der Waals surface area (Å²) in [5.74, 6) is 0.428. The summed E-state index contributed by atoms with van der Waals surface area (Å²) in [6, 6.07) is 1.81. The van der Waals surface area contributed by atoms with Crippen molar-refractivity contribution in [3.8, 4) is 0 Å². The Morgan fingerprint density at radius 1 is 1.50 bits per heavy atom. The van der Waals surface area contributed by atoms with Gasteiger partial charge in [0.25, 0.3) is 0 Å². The molecular weight excluding hydrogens is 274 g/mol. The van der Waals surface area contributed by atoms with Crippen LogP contribution in [0.15, 0.2) is 11.4 Å². The highest BCUT2D eigenvalue weighted by Crippen LogP contribution is 2.27. The molecule has 0 bridgehead atoms. The summed E-state index contributed by atoms with van der Waals surface area (Å²) in [5.41, 5.74) is 0.749. The van der Waals surface area contributed by atoms with Gasteiger partial charge in [-0.15, -0.1) is 11.3 Å². The SMILES string of the molecule is CC(C)C1CCC(=O)N(Cc2ccsc2C(=O)O)CC1. The normalized spacial score (nSPS) is 20.2. The molecule has 4 nitrogen and oxygen atoms in total. The highest BCUT2D eigenvalue weighted by molar-refractivity contribution is 7.12. The first-order valence-corrected chi connectivity index (χ1v) is 7.94. The predicted molar refractivity (Wildman–Crippen MR) is 78.9 cm³/mol. The van der Waals surface area contributed by atoms with Crippen LogP contribution in [0.25, 0.3) is 0 Å². The number of carbonyl (C=O) groups excluding carboxylic acids is 1. The minimum atomic E-state index is -0.905. The van der Waals surface area contributed by atoms with Crippen LogP contribution in [-0.4, -0.2) is 28.4 Å². The van der Waals surface area contributed by atoms with Gasteiger partial charge in [0.05, 0.1) is 0 Å². The Balaban J connectivity index is 2.06. The summed E-state index contributed by atoms with van der Waals surface area (Å²) < 4.78 is 0. The summed E-state index contributed by atoms with van der Waals surface area (Å²) in [7, 11) is 0. The zero-order chi connectivity index (χ0) is 14.7. The quantitative estimate of drug-likeness (QED) is 0.927. The zero-order valence-corrected chi connectivity index (χ0v) is 12.8. The Kier molecular flexibility index (Phi) is 4.81. The highest BCUT2D eigenvalue weighted by Gasteiger charge is 2.25. The number of nitrogens with zero attached hydrogens (tertiary/aromatic N) is 1. The molecule has 1 aliphatic heterocycles. The number of carboxylic acids is 1. The average Bonchev–Trinajstić information content (AvgIpc) is 2.76. The molecule has 1 N–H and O–H groups in total. The van der Waals surface area contributed by atoms with E-state index in [4.69, 9.17) is 5.11 Å². The van der Waals surface area contributed by atoms with Gasteiger partial charge < -0.3 is 10.0 Å². The van der Waals surface area contributed by atoms with E-state index >= 15 is 0 Å². The maximum atomic E-state index is 12.2. The number of carboxylic acid groups (broad SMARTS) is 1. The summed E-state index contributed by atoms with van der Waals surface area (Å²) in [6.45, 7) is 5.56. The molecule has 1 atom stereocenters. The van der Waals surface area contributed by atoms with Crippen LogP contribution in [0, 0.1) is 11.8 Å². The van der Waals surface area contributed by atoms with Crippen LogP contribution in [0.5, 0.6) is 0 Å². The summed E-state index contributed by atoms with van der Waals surface area (Å²) in [5, 5.41) is 10.9. The molecule has 0 aromatic carbocycles. The topological polar surface area (TPSA) is 57.6 Å². The molecule has 1 amide bonds. The monoisotopic (exact) mass is 295 g/mol. The summed E-state index contributed by atoms with van der Waals surface area (Å²) >= 11 is 1.22. The average molecular weight is 295 g/mol. The van der Waals surface area contributed by atoms with Gasteiger partial charge in [-0.1, -0.05) is 13.8 Å². The number of likely N-dealkylation sites (tertiary alicyclic amines) is 1. The van der Waals surface area contributed by atoms with E-state index < -0.39 is 5.97 Å². The minimum Gasteiger partial charge on any atom is -0.477 e. The lowest BCUT2D eigenvalue weighted by Gasteiger charge is -2.21. The summed E-state index contributed by atoms with van der Waals surface area (Å²) in [6.07, 6.45) is 2.54. The largest absolute Gasteiger partial charge is 0.477 e. The number of aromatic carboxylic acids is 1. The molecule has 1 fully saturated rings. The first-order chi connectivity index (χ1) is 9.49. The molecule has 2 heterocycles. The van der Waals surface area contributed by atoms with E-state index in [0.717, 1.165) is 24.9 Å². The Morgan fingerprint density at radius 3 is 2.90 bits per heavy atom. The minimum absolute atomic E-state index is 0.149. The molecule has 1 saturated heterocycles. The van der Waals surface area contributed by atoms with Crippen LogP contribution in [0.3, 0.4) is 0 Å². The number of hydrogen-bond donors (Lipinski definition) is 1. The predicted octanol–water partition coefficient (Wildman–Crippen LogP) is 3.23. The zero-order valence-electron chi connectivity index (χ0n) is 12.0. The van der Waals surface area contributed by atoms with E-state index in [1.165, 1.54) is 11.3 Å². The molecule has 0 saturated carbocycles. The van der Waals surface area contributed by atoms with Gasteiger partial charge in [-0.05, 0) is 41.7 Å². The van der Waals surface area contributed by atoms with Crippen LogP contribution in [0.4, 0.5) is 0 Å². The van der Waals surface area contributed by atoms with Crippen LogP contribution >= 0.6 is 11.3 Å². The van der Waals surface area contributed by atoms with Crippen molar-refractivity contribution < 1.29 is 14.7 Å². The molecule has 1 aliphatic rings. The van der Waals surface area contributed by atoms with Crippen molar-refractivity contribution in [3.05, 3.63) is 21.9 Å². The Bertz CT molecular complexity index is 495. The van der Waals surface area contributed by atoms with E-state index in [2.05, 4.69) is 13.8 Å². The van der Waals surface area contributed by atoms with Gasteiger partial charge in [0.1, 0.15) is 4.88 Å². The maximum Gasteiger partial charge on any atom is 0.346 e. The number of carbonyl (C=O) groups is 2. The highest BCUT2D eigenvalue weighted by atomic mass is 32.1. The second-order valence-corrected chi connectivity index (χ2v) is 6.64. The van der Waals surface area contributed by atoms with Gasteiger partial charge in [-0.25, -0.2) is 4.79 Å². The smallest absolute Gasteiger partial charge is 0.346 e. The van der Waals surface area contributed by atoms with E-state index in [-0.39, 0.29) is 5.91 Å². The molecule has 0 radical (unpaired) electrons. The molecule has 1 aromatic rings. The second kappa shape index (κ2) is 6.39. The van der Waals surface area contributed by atoms with Crippen molar-refractivity contribution in [2.24, 2.45) is 11.8 Å². The number of amides is 1. The van der Waals surface area contributed by atoms with Gasteiger partial charge in [0, 0.05) is 19.5 Å². The molecule has 1 unspecified atom stereocenters. The van der Waals surface area contributed by atoms with Crippen LogP contribution in [-0.2, 0) is 11.3 Å². The first kappa shape index (κ1) is 15.0. The fourth-order valence-electron chi connectivity index (χ4n) is 2.75.